The Bertz CT molecular complexity index is 622. The van der Waals surface area contributed by atoms with Gasteiger partial charge in [0.25, 0.3) is 0 Å². The molecular weight excluding hydrogens is 274 g/mol. The minimum absolute atomic E-state index is 0.307. The number of hydrogen-bond donors (Lipinski definition) is 1. The minimum Gasteiger partial charge on any atom is -0.497 e. The van der Waals surface area contributed by atoms with Gasteiger partial charge in [-0.2, -0.15) is 0 Å². The number of benzene rings is 1. The Morgan fingerprint density at radius 3 is 2.43 bits per heavy atom. The smallest absolute Gasteiger partial charge is 0.338 e. The van der Waals surface area contributed by atoms with E-state index in [9.17, 15) is 9.59 Å². The molecule has 0 amide bonds. The van der Waals surface area contributed by atoms with Gasteiger partial charge in [0.1, 0.15) is 5.75 Å². The summed E-state index contributed by atoms with van der Waals surface area (Å²) >= 11 is 0. The predicted octanol–water partition coefficient (Wildman–Crippen LogP) is 1.61. The average molecular weight is 291 g/mol. The molecule has 1 heterocycles. The summed E-state index contributed by atoms with van der Waals surface area (Å²) in [7, 11) is 4.13. The zero-order valence-corrected chi connectivity index (χ0v) is 12.4. The van der Waals surface area contributed by atoms with E-state index in [2.05, 4.69) is 5.32 Å². The second-order valence-electron chi connectivity index (χ2n) is 4.78. The molecule has 0 bridgehead atoms. The van der Waals surface area contributed by atoms with Crippen LogP contribution < -0.4 is 10.1 Å². The molecule has 0 fully saturated rings. The number of esters is 2. The number of hydrogen-bond acceptors (Lipinski definition) is 6. The lowest BCUT2D eigenvalue weighted by Crippen LogP contribution is -2.45. The van der Waals surface area contributed by atoms with Crippen LogP contribution in [0.1, 0.15) is 12.5 Å². The van der Waals surface area contributed by atoms with E-state index in [4.69, 9.17) is 14.2 Å². The SMILES string of the molecule is COC(=O)C1=CC(C)(C(=O)OC)Nc2cc(OC)ccc21. The first-order valence-corrected chi connectivity index (χ1v) is 6.31. The van der Waals surface area contributed by atoms with Crippen molar-refractivity contribution in [2.45, 2.75) is 12.5 Å². The lowest BCUT2D eigenvalue weighted by molar-refractivity contribution is -0.143. The summed E-state index contributed by atoms with van der Waals surface area (Å²) in [6.07, 6.45) is 1.51. The second kappa shape index (κ2) is 5.47. The summed E-state index contributed by atoms with van der Waals surface area (Å²) < 4.78 is 14.8. The third-order valence-corrected chi connectivity index (χ3v) is 3.36. The molecular formula is C15H17NO5. The molecule has 0 saturated heterocycles. The Morgan fingerprint density at radius 2 is 1.86 bits per heavy atom. The van der Waals surface area contributed by atoms with Crippen LogP contribution in [0.15, 0.2) is 24.3 Å². The molecule has 1 atom stereocenters. The van der Waals surface area contributed by atoms with E-state index >= 15 is 0 Å². The molecule has 6 heteroatoms. The van der Waals surface area contributed by atoms with Gasteiger partial charge in [0.2, 0.25) is 0 Å². The highest BCUT2D eigenvalue weighted by Gasteiger charge is 2.38. The van der Waals surface area contributed by atoms with Gasteiger partial charge in [-0.05, 0) is 25.1 Å². The van der Waals surface area contributed by atoms with Gasteiger partial charge in [-0.25, -0.2) is 9.59 Å². The van der Waals surface area contributed by atoms with Gasteiger partial charge in [-0.15, -0.1) is 0 Å². The quantitative estimate of drug-likeness (QED) is 0.853. The highest BCUT2D eigenvalue weighted by Crippen LogP contribution is 2.37. The Labute approximate surface area is 122 Å². The standard InChI is InChI=1S/C15H17NO5/c1-15(14(18)21-4)8-11(13(17)20-3)10-6-5-9(19-2)7-12(10)16-15/h5-8,16H,1-4H3. The normalized spacial score (nSPS) is 19.7. The Morgan fingerprint density at radius 1 is 1.14 bits per heavy atom. The molecule has 6 nitrogen and oxygen atoms in total. The van der Waals surface area contributed by atoms with Crippen molar-refractivity contribution in [3.8, 4) is 5.75 Å². The highest BCUT2D eigenvalue weighted by atomic mass is 16.5. The van der Waals surface area contributed by atoms with Gasteiger partial charge in [-0.3, -0.25) is 0 Å². The third kappa shape index (κ3) is 2.56. The summed E-state index contributed by atoms with van der Waals surface area (Å²) in [4.78, 5) is 24.0. The minimum atomic E-state index is -1.16. The molecule has 1 N–H and O–H groups in total. The summed E-state index contributed by atoms with van der Waals surface area (Å²) in [6.45, 7) is 1.63. The lowest BCUT2D eigenvalue weighted by atomic mass is 9.89. The van der Waals surface area contributed by atoms with Crippen LogP contribution in [0.5, 0.6) is 5.75 Å². The van der Waals surface area contributed by atoms with Crippen LogP contribution in [0.2, 0.25) is 0 Å². The second-order valence-corrected chi connectivity index (χ2v) is 4.78. The average Bonchev–Trinajstić information content (AvgIpc) is 2.51. The van der Waals surface area contributed by atoms with Gasteiger partial charge in [0.15, 0.2) is 5.54 Å². The van der Waals surface area contributed by atoms with Crippen LogP contribution >= 0.6 is 0 Å². The number of methoxy groups -OCH3 is 3. The molecule has 0 aromatic heterocycles. The maximum atomic E-state index is 12.0. The zero-order valence-electron chi connectivity index (χ0n) is 12.4. The Hall–Kier alpha value is -2.50. The van der Waals surface area contributed by atoms with E-state index in [0.29, 0.717) is 22.6 Å². The monoisotopic (exact) mass is 291 g/mol. The number of fused-ring (bicyclic) bond motifs is 1. The number of anilines is 1. The van der Waals surface area contributed by atoms with Crippen molar-refractivity contribution in [3.05, 3.63) is 29.8 Å². The zero-order chi connectivity index (χ0) is 15.6. The maximum absolute atomic E-state index is 12.0. The van der Waals surface area contributed by atoms with Crippen LogP contribution in [-0.2, 0) is 19.1 Å². The van der Waals surface area contributed by atoms with Gasteiger partial charge >= 0.3 is 11.9 Å². The van der Waals surface area contributed by atoms with Crippen LogP contribution in [0, 0.1) is 0 Å². The van der Waals surface area contributed by atoms with Crippen LogP contribution in [-0.4, -0.2) is 38.8 Å². The van der Waals surface area contributed by atoms with Gasteiger partial charge in [0, 0.05) is 17.3 Å². The fourth-order valence-electron chi connectivity index (χ4n) is 2.27. The molecule has 1 aromatic carbocycles. The summed E-state index contributed by atoms with van der Waals surface area (Å²) in [5.74, 6) is -0.407. The number of carbonyl (C=O) groups excluding carboxylic acids is 2. The van der Waals surface area contributed by atoms with Crippen molar-refractivity contribution in [2.75, 3.05) is 26.6 Å². The largest absolute Gasteiger partial charge is 0.497 e. The molecule has 0 saturated carbocycles. The molecule has 1 aromatic rings. The van der Waals surface area contributed by atoms with E-state index in [1.54, 1.807) is 32.2 Å². The molecule has 1 aliphatic rings. The van der Waals surface area contributed by atoms with Crippen molar-refractivity contribution in [3.63, 3.8) is 0 Å². The number of nitrogens with one attached hydrogen (secondary N) is 1. The maximum Gasteiger partial charge on any atom is 0.338 e. The van der Waals surface area contributed by atoms with E-state index in [1.807, 2.05) is 0 Å². The van der Waals surface area contributed by atoms with Crippen LogP contribution in [0.3, 0.4) is 0 Å². The van der Waals surface area contributed by atoms with Crippen molar-refractivity contribution >= 4 is 23.2 Å². The van der Waals surface area contributed by atoms with Crippen molar-refractivity contribution in [1.29, 1.82) is 0 Å². The fraction of sp³-hybridized carbons (Fsp3) is 0.333. The van der Waals surface area contributed by atoms with E-state index < -0.39 is 17.5 Å². The van der Waals surface area contributed by atoms with Gasteiger partial charge in [-0.1, -0.05) is 0 Å². The van der Waals surface area contributed by atoms with Crippen molar-refractivity contribution < 1.29 is 23.8 Å². The number of carbonyl (C=O) groups is 2. The summed E-state index contributed by atoms with van der Waals surface area (Å²) in [5.41, 5.74) is 0.397. The lowest BCUT2D eigenvalue weighted by Gasteiger charge is -2.32. The molecule has 21 heavy (non-hydrogen) atoms. The van der Waals surface area contributed by atoms with Crippen LogP contribution in [0.4, 0.5) is 5.69 Å². The van der Waals surface area contributed by atoms with Crippen LogP contribution in [0.25, 0.3) is 5.57 Å². The van der Waals surface area contributed by atoms with E-state index in [-0.39, 0.29) is 0 Å². The molecule has 0 spiro atoms. The fourth-order valence-corrected chi connectivity index (χ4v) is 2.27. The Kier molecular flexibility index (Phi) is 3.88. The topological polar surface area (TPSA) is 73.9 Å². The first-order chi connectivity index (χ1) is 9.95. The predicted molar refractivity (Wildman–Crippen MR) is 77.0 cm³/mol. The Balaban J connectivity index is 2.59. The third-order valence-electron chi connectivity index (χ3n) is 3.36. The first-order valence-electron chi connectivity index (χ1n) is 6.31. The highest BCUT2D eigenvalue weighted by molar-refractivity contribution is 6.20. The molecule has 112 valence electrons. The molecule has 2 rings (SSSR count). The number of rotatable bonds is 3. The molecule has 1 aliphatic heterocycles. The van der Waals surface area contributed by atoms with E-state index in [1.165, 1.54) is 20.3 Å². The molecule has 1 unspecified atom stereocenters. The first kappa shape index (κ1) is 14.9. The summed E-state index contributed by atoms with van der Waals surface area (Å²) in [5, 5.41) is 3.07. The molecule has 0 radical (unpaired) electrons. The van der Waals surface area contributed by atoms with E-state index in [0.717, 1.165) is 0 Å². The molecule has 0 aliphatic carbocycles. The summed E-state index contributed by atoms with van der Waals surface area (Å²) in [6, 6.07) is 5.19. The van der Waals surface area contributed by atoms with Crippen molar-refractivity contribution in [1.82, 2.24) is 0 Å². The van der Waals surface area contributed by atoms with Gasteiger partial charge < -0.3 is 19.5 Å². The number of ether oxygens (including phenoxy) is 3. The van der Waals surface area contributed by atoms with Crippen molar-refractivity contribution in [2.24, 2.45) is 0 Å². The van der Waals surface area contributed by atoms with Gasteiger partial charge in [0.05, 0.1) is 26.9 Å².